The number of allylic oxidation sites excluding steroid dienone is 3. The molecule has 1 unspecified atom stereocenters. The van der Waals surface area contributed by atoms with E-state index in [0.29, 0.717) is 6.04 Å². The predicted octanol–water partition coefficient (Wildman–Crippen LogP) is 3.84. The first kappa shape index (κ1) is 12.8. The molecule has 0 aliphatic heterocycles. The van der Waals surface area contributed by atoms with Crippen molar-refractivity contribution < 1.29 is 0 Å². The van der Waals surface area contributed by atoms with Gasteiger partial charge in [0.1, 0.15) is 0 Å². The summed E-state index contributed by atoms with van der Waals surface area (Å²) in [6, 6.07) is 0.507. The minimum atomic E-state index is 0.507. The minimum absolute atomic E-state index is 0.507. The van der Waals surface area contributed by atoms with Crippen LogP contribution in [-0.2, 0) is 0 Å². The van der Waals surface area contributed by atoms with E-state index in [9.17, 15) is 0 Å². The van der Waals surface area contributed by atoms with Crippen LogP contribution >= 0.6 is 0 Å². The lowest BCUT2D eigenvalue weighted by atomic mass is 10.0. The van der Waals surface area contributed by atoms with Crippen LogP contribution in [0.5, 0.6) is 0 Å². The van der Waals surface area contributed by atoms with Gasteiger partial charge in [0.05, 0.1) is 11.7 Å². The van der Waals surface area contributed by atoms with Crippen molar-refractivity contribution in [3.63, 3.8) is 0 Å². The van der Waals surface area contributed by atoms with Gasteiger partial charge in [0.15, 0.2) is 0 Å². The van der Waals surface area contributed by atoms with Crippen molar-refractivity contribution in [2.24, 2.45) is 4.99 Å². The molecule has 0 radical (unpaired) electrons. The zero-order chi connectivity index (χ0) is 13.1. The van der Waals surface area contributed by atoms with Gasteiger partial charge in [-0.2, -0.15) is 5.10 Å². The molecule has 0 fully saturated rings. The van der Waals surface area contributed by atoms with Gasteiger partial charge in [-0.25, -0.2) is 0 Å². The second kappa shape index (κ2) is 5.34. The Morgan fingerprint density at radius 1 is 1.50 bits per heavy atom. The Labute approximate surface area is 109 Å². The molecule has 0 N–H and O–H groups in total. The molecule has 18 heavy (non-hydrogen) atoms. The third kappa shape index (κ3) is 2.45. The fourth-order valence-corrected chi connectivity index (χ4v) is 2.49. The van der Waals surface area contributed by atoms with E-state index in [1.807, 2.05) is 6.92 Å². The van der Waals surface area contributed by atoms with E-state index < -0.39 is 0 Å². The molecule has 1 atom stereocenters. The van der Waals surface area contributed by atoms with Gasteiger partial charge in [-0.15, -0.1) is 0 Å². The number of rotatable bonds is 3. The lowest BCUT2D eigenvalue weighted by Crippen LogP contribution is -2.13. The van der Waals surface area contributed by atoms with Crippen molar-refractivity contribution in [2.75, 3.05) is 0 Å². The third-order valence-electron chi connectivity index (χ3n) is 3.57. The van der Waals surface area contributed by atoms with Crippen LogP contribution in [0.3, 0.4) is 0 Å². The molecule has 0 aromatic carbocycles. The van der Waals surface area contributed by atoms with E-state index in [2.05, 4.69) is 48.5 Å². The maximum atomic E-state index is 4.70. The number of aryl methyl sites for hydroxylation is 1. The van der Waals surface area contributed by atoms with Crippen LogP contribution in [0.25, 0.3) is 6.08 Å². The maximum absolute atomic E-state index is 4.70. The highest BCUT2D eigenvalue weighted by atomic mass is 15.3. The van der Waals surface area contributed by atoms with Crippen LogP contribution in [0.2, 0.25) is 0 Å². The highest BCUT2D eigenvalue weighted by Crippen LogP contribution is 2.27. The molecular formula is C15H21N3. The summed E-state index contributed by atoms with van der Waals surface area (Å²) in [7, 11) is 0. The van der Waals surface area contributed by atoms with Gasteiger partial charge in [-0.1, -0.05) is 12.2 Å². The van der Waals surface area contributed by atoms with Crippen LogP contribution in [0.4, 0.5) is 0 Å². The van der Waals surface area contributed by atoms with E-state index in [-0.39, 0.29) is 0 Å². The largest absolute Gasteiger partial charge is 0.269 e. The van der Waals surface area contributed by atoms with Crippen molar-refractivity contribution in [1.82, 2.24) is 9.78 Å². The standard InChI is InChI=1S/C15H21N3/c1-11(16-4)10-15-12(2)17-18(13(15)3)14-8-6-5-7-9-14/h5-6,10,14H,4,7-9H2,1-3H3/b11-10-. The second-order valence-electron chi connectivity index (χ2n) is 4.91. The van der Waals surface area contributed by atoms with E-state index in [1.54, 1.807) is 0 Å². The van der Waals surface area contributed by atoms with Crippen molar-refractivity contribution >= 4 is 12.8 Å². The molecule has 96 valence electrons. The third-order valence-corrected chi connectivity index (χ3v) is 3.57. The van der Waals surface area contributed by atoms with Gasteiger partial charge in [0.25, 0.3) is 0 Å². The Balaban J connectivity index is 2.37. The van der Waals surface area contributed by atoms with Crippen LogP contribution in [-0.4, -0.2) is 16.5 Å². The molecule has 1 heterocycles. The SMILES string of the molecule is C=N/C(C)=C\c1c(C)nn(C2CC=CCC2)c1C. The average molecular weight is 243 g/mol. The smallest absolute Gasteiger partial charge is 0.0669 e. The summed E-state index contributed by atoms with van der Waals surface area (Å²) in [5.74, 6) is 0. The Bertz CT molecular complexity index is 506. The first-order valence-electron chi connectivity index (χ1n) is 6.49. The average Bonchev–Trinajstić information content (AvgIpc) is 2.67. The number of aliphatic imine (C=N–C) groups is 1. The fraction of sp³-hybridized carbons (Fsp3) is 0.467. The van der Waals surface area contributed by atoms with Gasteiger partial charge in [0, 0.05) is 17.0 Å². The lowest BCUT2D eigenvalue weighted by Gasteiger charge is -2.20. The zero-order valence-corrected chi connectivity index (χ0v) is 11.5. The van der Waals surface area contributed by atoms with Gasteiger partial charge in [-0.05, 0) is 52.8 Å². The summed E-state index contributed by atoms with van der Waals surface area (Å²) < 4.78 is 2.18. The van der Waals surface area contributed by atoms with Crippen LogP contribution in [0.15, 0.2) is 22.8 Å². The molecular weight excluding hydrogens is 222 g/mol. The fourth-order valence-electron chi connectivity index (χ4n) is 2.49. The summed E-state index contributed by atoms with van der Waals surface area (Å²) in [5.41, 5.74) is 4.43. The van der Waals surface area contributed by atoms with Gasteiger partial charge in [-0.3, -0.25) is 9.67 Å². The molecule has 2 rings (SSSR count). The molecule has 1 aromatic heterocycles. The Hall–Kier alpha value is -1.64. The molecule has 0 spiro atoms. The molecule has 3 heteroatoms. The summed E-state index contributed by atoms with van der Waals surface area (Å²) >= 11 is 0. The molecule has 0 bridgehead atoms. The quantitative estimate of drug-likeness (QED) is 0.586. The normalized spacial score (nSPS) is 20.2. The number of nitrogens with zero attached hydrogens (tertiary/aromatic N) is 3. The van der Waals surface area contributed by atoms with E-state index in [1.165, 1.54) is 17.7 Å². The topological polar surface area (TPSA) is 30.2 Å². The number of aromatic nitrogens is 2. The Kier molecular flexibility index (Phi) is 3.80. The Morgan fingerprint density at radius 2 is 2.28 bits per heavy atom. The molecule has 0 saturated heterocycles. The van der Waals surface area contributed by atoms with Crippen LogP contribution in [0, 0.1) is 13.8 Å². The van der Waals surface area contributed by atoms with Crippen molar-refractivity contribution in [2.45, 2.75) is 46.1 Å². The Morgan fingerprint density at radius 3 is 2.89 bits per heavy atom. The summed E-state index contributed by atoms with van der Waals surface area (Å²) in [4.78, 5) is 3.95. The van der Waals surface area contributed by atoms with Gasteiger partial charge >= 0.3 is 0 Å². The van der Waals surface area contributed by atoms with Gasteiger partial charge in [0.2, 0.25) is 0 Å². The predicted molar refractivity (Wildman–Crippen MR) is 76.9 cm³/mol. The zero-order valence-electron chi connectivity index (χ0n) is 11.5. The first-order chi connectivity index (χ1) is 8.63. The van der Waals surface area contributed by atoms with E-state index in [4.69, 9.17) is 5.10 Å². The highest BCUT2D eigenvalue weighted by Gasteiger charge is 2.18. The van der Waals surface area contributed by atoms with Crippen molar-refractivity contribution in [3.8, 4) is 0 Å². The minimum Gasteiger partial charge on any atom is -0.269 e. The van der Waals surface area contributed by atoms with Crippen LogP contribution < -0.4 is 0 Å². The first-order valence-corrected chi connectivity index (χ1v) is 6.49. The molecule has 1 aromatic rings. The monoisotopic (exact) mass is 243 g/mol. The molecule has 1 aliphatic carbocycles. The van der Waals surface area contributed by atoms with E-state index >= 15 is 0 Å². The highest BCUT2D eigenvalue weighted by molar-refractivity contribution is 5.58. The number of hydrogen-bond donors (Lipinski definition) is 0. The summed E-state index contributed by atoms with van der Waals surface area (Å²) in [5, 5.41) is 4.70. The second-order valence-corrected chi connectivity index (χ2v) is 4.91. The molecule has 1 aliphatic rings. The number of hydrogen-bond acceptors (Lipinski definition) is 2. The molecule has 0 amide bonds. The van der Waals surface area contributed by atoms with E-state index in [0.717, 1.165) is 24.2 Å². The van der Waals surface area contributed by atoms with Crippen molar-refractivity contribution in [1.29, 1.82) is 0 Å². The van der Waals surface area contributed by atoms with Gasteiger partial charge < -0.3 is 0 Å². The lowest BCUT2D eigenvalue weighted by molar-refractivity contribution is 0.410. The molecule has 3 nitrogen and oxygen atoms in total. The van der Waals surface area contributed by atoms with Crippen LogP contribution in [0.1, 0.15) is 49.2 Å². The van der Waals surface area contributed by atoms with Crippen molar-refractivity contribution in [3.05, 3.63) is 34.8 Å². The maximum Gasteiger partial charge on any atom is 0.0669 e. The molecule has 0 saturated carbocycles. The summed E-state index contributed by atoms with van der Waals surface area (Å²) in [6.07, 6.45) is 10.0. The summed E-state index contributed by atoms with van der Waals surface area (Å²) in [6.45, 7) is 9.72.